The highest BCUT2D eigenvalue weighted by atomic mass is 35.5. The first-order valence-electron chi connectivity index (χ1n) is 7.30. The molecule has 3 nitrogen and oxygen atoms in total. The fourth-order valence-electron chi connectivity index (χ4n) is 2.10. The second-order valence-corrected chi connectivity index (χ2v) is 5.33. The Hall–Kier alpha value is -1.58. The summed E-state index contributed by atoms with van der Waals surface area (Å²) in [6.45, 7) is 4.76. The Morgan fingerprint density at radius 3 is 2.71 bits per heavy atom. The third kappa shape index (κ3) is 5.37. The van der Waals surface area contributed by atoms with Crippen molar-refractivity contribution in [2.24, 2.45) is 0 Å². The lowest BCUT2D eigenvalue weighted by atomic mass is 10.1. The van der Waals surface area contributed by atoms with E-state index >= 15 is 0 Å². The van der Waals surface area contributed by atoms with Crippen LogP contribution >= 0.6 is 11.6 Å². The van der Waals surface area contributed by atoms with Gasteiger partial charge in [-0.2, -0.15) is 0 Å². The van der Waals surface area contributed by atoms with E-state index in [2.05, 4.69) is 35.4 Å². The summed E-state index contributed by atoms with van der Waals surface area (Å²) in [6, 6.07) is 10.1. The number of pyridine rings is 1. The van der Waals surface area contributed by atoms with Gasteiger partial charge >= 0.3 is 0 Å². The standard InChI is InChI=1S/C17H21ClN2O/c1-2-8-19-9-7-14-5-3-4-6-15(14)13-21-17-10-16(18)11-20-12-17/h3-6,10-12,19H,2,7-9,13H2,1H3. The Morgan fingerprint density at radius 2 is 1.95 bits per heavy atom. The van der Waals surface area contributed by atoms with Crippen LogP contribution in [-0.2, 0) is 13.0 Å². The van der Waals surface area contributed by atoms with Gasteiger partial charge in [0.15, 0.2) is 0 Å². The van der Waals surface area contributed by atoms with E-state index < -0.39 is 0 Å². The SMILES string of the molecule is CCCNCCc1ccccc1COc1cncc(Cl)c1. The summed E-state index contributed by atoms with van der Waals surface area (Å²) in [7, 11) is 0. The van der Waals surface area contributed by atoms with E-state index in [1.165, 1.54) is 11.1 Å². The number of benzene rings is 1. The molecule has 0 saturated carbocycles. The molecule has 0 aliphatic carbocycles. The minimum absolute atomic E-state index is 0.534. The lowest BCUT2D eigenvalue weighted by molar-refractivity contribution is 0.303. The highest BCUT2D eigenvalue weighted by molar-refractivity contribution is 6.30. The predicted molar refractivity (Wildman–Crippen MR) is 86.9 cm³/mol. The molecule has 1 aromatic carbocycles. The van der Waals surface area contributed by atoms with Gasteiger partial charge in [-0.3, -0.25) is 4.98 Å². The van der Waals surface area contributed by atoms with Crippen LogP contribution in [0.1, 0.15) is 24.5 Å². The van der Waals surface area contributed by atoms with Crippen LogP contribution < -0.4 is 10.1 Å². The summed E-state index contributed by atoms with van der Waals surface area (Å²) in [5, 5.41) is 4.01. The first-order valence-corrected chi connectivity index (χ1v) is 7.68. The molecule has 0 fully saturated rings. The van der Waals surface area contributed by atoms with Crippen molar-refractivity contribution in [3.05, 3.63) is 58.9 Å². The molecule has 0 spiro atoms. The van der Waals surface area contributed by atoms with Crippen molar-refractivity contribution in [1.29, 1.82) is 0 Å². The van der Waals surface area contributed by atoms with Gasteiger partial charge in [0, 0.05) is 12.3 Å². The number of hydrogen-bond donors (Lipinski definition) is 1. The minimum atomic E-state index is 0.534. The second kappa shape index (κ2) is 8.65. The molecule has 4 heteroatoms. The zero-order valence-electron chi connectivity index (χ0n) is 12.3. The molecule has 0 saturated heterocycles. The van der Waals surface area contributed by atoms with Gasteiger partial charge in [-0.25, -0.2) is 0 Å². The highest BCUT2D eigenvalue weighted by Crippen LogP contribution is 2.18. The first kappa shape index (κ1) is 15.8. The molecule has 21 heavy (non-hydrogen) atoms. The van der Waals surface area contributed by atoms with Gasteiger partial charge in [-0.05, 0) is 37.1 Å². The Kier molecular flexibility index (Phi) is 6.51. The molecule has 1 heterocycles. The summed E-state index contributed by atoms with van der Waals surface area (Å²) in [5.41, 5.74) is 2.52. The quantitative estimate of drug-likeness (QED) is 0.752. The average molecular weight is 305 g/mol. The molecule has 2 aromatic rings. The predicted octanol–water partition coefficient (Wildman–Crippen LogP) is 3.86. The van der Waals surface area contributed by atoms with E-state index in [0.717, 1.165) is 25.9 Å². The molecular weight excluding hydrogens is 284 g/mol. The number of rotatable bonds is 8. The molecule has 2 rings (SSSR count). The number of nitrogens with one attached hydrogen (secondary N) is 1. The highest BCUT2D eigenvalue weighted by Gasteiger charge is 2.03. The maximum Gasteiger partial charge on any atom is 0.139 e. The van der Waals surface area contributed by atoms with Gasteiger partial charge in [0.25, 0.3) is 0 Å². The lowest BCUT2D eigenvalue weighted by Crippen LogP contribution is -2.18. The van der Waals surface area contributed by atoms with E-state index in [4.69, 9.17) is 16.3 Å². The van der Waals surface area contributed by atoms with Gasteiger partial charge in [0.2, 0.25) is 0 Å². The fraction of sp³-hybridized carbons (Fsp3) is 0.353. The van der Waals surface area contributed by atoms with Crippen LogP contribution in [0.25, 0.3) is 0 Å². The van der Waals surface area contributed by atoms with E-state index in [-0.39, 0.29) is 0 Å². The van der Waals surface area contributed by atoms with Crippen LogP contribution in [0.5, 0.6) is 5.75 Å². The number of halogens is 1. The Bertz CT molecular complexity index is 560. The van der Waals surface area contributed by atoms with Crippen molar-refractivity contribution in [3.8, 4) is 5.75 Å². The van der Waals surface area contributed by atoms with E-state index in [0.29, 0.717) is 17.4 Å². The van der Waals surface area contributed by atoms with Gasteiger partial charge < -0.3 is 10.1 Å². The normalized spacial score (nSPS) is 10.6. The smallest absolute Gasteiger partial charge is 0.139 e. The molecule has 0 atom stereocenters. The van der Waals surface area contributed by atoms with Gasteiger partial charge in [-0.15, -0.1) is 0 Å². The van der Waals surface area contributed by atoms with Crippen molar-refractivity contribution in [2.45, 2.75) is 26.4 Å². The number of hydrogen-bond acceptors (Lipinski definition) is 3. The van der Waals surface area contributed by atoms with E-state index in [1.54, 1.807) is 18.5 Å². The zero-order valence-corrected chi connectivity index (χ0v) is 13.1. The van der Waals surface area contributed by atoms with Gasteiger partial charge in [0.1, 0.15) is 12.4 Å². The fourth-order valence-corrected chi connectivity index (χ4v) is 2.26. The summed E-state index contributed by atoms with van der Waals surface area (Å²) in [4.78, 5) is 4.02. The minimum Gasteiger partial charge on any atom is -0.487 e. The van der Waals surface area contributed by atoms with Crippen LogP contribution in [0.3, 0.4) is 0 Å². The molecule has 0 bridgehead atoms. The van der Waals surface area contributed by atoms with Crippen molar-refractivity contribution in [1.82, 2.24) is 10.3 Å². The van der Waals surface area contributed by atoms with Crippen LogP contribution in [-0.4, -0.2) is 18.1 Å². The van der Waals surface area contributed by atoms with Crippen molar-refractivity contribution < 1.29 is 4.74 Å². The summed E-state index contributed by atoms with van der Waals surface area (Å²) >= 11 is 5.91. The van der Waals surface area contributed by atoms with Crippen LogP contribution in [0.4, 0.5) is 0 Å². The zero-order chi connectivity index (χ0) is 14.9. The van der Waals surface area contributed by atoms with Crippen molar-refractivity contribution >= 4 is 11.6 Å². The molecule has 112 valence electrons. The largest absolute Gasteiger partial charge is 0.487 e. The summed E-state index contributed by atoms with van der Waals surface area (Å²) in [5.74, 6) is 0.696. The average Bonchev–Trinajstić information content (AvgIpc) is 2.50. The Morgan fingerprint density at radius 1 is 1.14 bits per heavy atom. The van der Waals surface area contributed by atoms with Crippen LogP contribution in [0, 0.1) is 0 Å². The summed E-state index contributed by atoms with van der Waals surface area (Å²) < 4.78 is 5.77. The van der Waals surface area contributed by atoms with Crippen molar-refractivity contribution in [2.75, 3.05) is 13.1 Å². The number of aromatic nitrogens is 1. The molecule has 0 amide bonds. The maximum atomic E-state index is 5.91. The Labute approximate surface area is 131 Å². The second-order valence-electron chi connectivity index (χ2n) is 4.90. The monoisotopic (exact) mass is 304 g/mol. The van der Waals surface area contributed by atoms with Gasteiger partial charge in [-0.1, -0.05) is 42.8 Å². The lowest BCUT2D eigenvalue weighted by Gasteiger charge is -2.11. The van der Waals surface area contributed by atoms with Gasteiger partial charge in [0.05, 0.1) is 11.2 Å². The number of nitrogens with zero attached hydrogens (tertiary/aromatic N) is 1. The third-order valence-corrected chi connectivity index (χ3v) is 3.40. The Balaban J connectivity index is 1.93. The third-order valence-electron chi connectivity index (χ3n) is 3.19. The molecular formula is C17H21ClN2O. The molecule has 0 radical (unpaired) electrons. The summed E-state index contributed by atoms with van der Waals surface area (Å²) in [6.07, 6.45) is 5.44. The molecule has 0 aliphatic rings. The molecule has 0 aliphatic heterocycles. The molecule has 0 unspecified atom stereocenters. The molecule has 1 N–H and O–H groups in total. The van der Waals surface area contributed by atoms with Crippen molar-refractivity contribution in [3.63, 3.8) is 0 Å². The van der Waals surface area contributed by atoms with E-state index in [1.807, 2.05) is 6.07 Å². The number of ether oxygens (including phenoxy) is 1. The first-order chi connectivity index (χ1) is 10.3. The van der Waals surface area contributed by atoms with E-state index in [9.17, 15) is 0 Å². The molecule has 1 aromatic heterocycles. The van der Waals surface area contributed by atoms with Crippen LogP contribution in [0.2, 0.25) is 5.02 Å². The topological polar surface area (TPSA) is 34.1 Å². The van der Waals surface area contributed by atoms with Crippen LogP contribution in [0.15, 0.2) is 42.7 Å². The maximum absolute atomic E-state index is 5.91.